The Morgan fingerprint density at radius 2 is 1.61 bits per heavy atom. The molecule has 0 bridgehead atoms. The Morgan fingerprint density at radius 3 is 2.29 bits per heavy atom. The largest absolute Gasteiger partial charge is 0.489 e. The Hall–Kier alpha value is -4.49. The SMILES string of the molecule is CCOC(=O)/C(C)=C\C(C)=C\c1csc(C(Cc2ccc(OCc3ccccc3)cc2)NC(=O)c2ccccc2)n1. The van der Waals surface area contributed by atoms with Crippen LogP contribution in [0.15, 0.2) is 108 Å². The molecule has 0 fully saturated rings. The normalized spacial score (nSPS) is 12.5. The molecule has 1 aromatic heterocycles. The predicted octanol–water partition coefficient (Wildman–Crippen LogP) is 7.35. The highest BCUT2D eigenvalue weighted by Gasteiger charge is 2.20. The topological polar surface area (TPSA) is 77.5 Å². The molecule has 0 aliphatic heterocycles. The lowest BCUT2D eigenvalue weighted by Crippen LogP contribution is -2.30. The first-order valence-corrected chi connectivity index (χ1v) is 14.4. The molecule has 41 heavy (non-hydrogen) atoms. The van der Waals surface area contributed by atoms with Gasteiger partial charge in [0.05, 0.1) is 18.3 Å². The number of hydrogen-bond donors (Lipinski definition) is 1. The minimum atomic E-state index is -0.334. The number of ether oxygens (including phenoxy) is 2. The molecule has 1 atom stereocenters. The molecular weight excluding hydrogens is 532 g/mol. The van der Waals surface area contributed by atoms with E-state index >= 15 is 0 Å². The van der Waals surface area contributed by atoms with E-state index in [0.717, 1.165) is 33.2 Å². The van der Waals surface area contributed by atoms with Crippen LogP contribution in [0.4, 0.5) is 0 Å². The molecule has 0 saturated carbocycles. The molecule has 6 nitrogen and oxygen atoms in total. The lowest BCUT2D eigenvalue weighted by Gasteiger charge is -2.17. The number of benzene rings is 3. The summed E-state index contributed by atoms with van der Waals surface area (Å²) >= 11 is 1.49. The van der Waals surface area contributed by atoms with Gasteiger partial charge in [-0.1, -0.05) is 60.7 Å². The van der Waals surface area contributed by atoms with Crippen molar-refractivity contribution in [1.82, 2.24) is 10.3 Å². The average molecular weight is 567 g/mol. The summed E-state index contributed by atoms with van der Waals surface area (Å²) in [5.41, 5.74) is 4.92. The van der Waals surface area contributed by atoms with Crippen molar-refractivity contribution in [1.29, 1.82) is 0 Å². The number of rotatable bonds is 12. The number of hydrogen-bond acceptors (Lipinski definition) is 6. The van der Waals surface area contributed by atoms with Crippen LogP contribution in [0.25, 0.3) is 6.08 Å². The first-order chi connectivity index (χ1) is 19.9. The van der Waals surface area contributed by atoms with Gasteiger partial charge in [-0.25, -0.2) is 9.78 Å². The number of amides is 1. The molecule has 1 heterocycles. The minimum Gasteiger partial charge on any atom is -0.489 e. The molecule has 210 valence electrons. The van der Waals surface area contributed by atoms with E-state index in [-0.39, 0.29) is 17.9 Å². The van der Waals surface area contributed by atoms with Crippen molar-refractivity contribution in [2.75, 3.05) is 6.61 Å². The van der Waals surface area contributed by atoms with Gasteiger partial charge in [0, 0.05) is 16.5 Å². The maximum atomic E-state index is 13.1. The van der Waals surface area contributed by atoms with E-state index in [2.05, 4.69) is 5.32 Å². The molecule has 4 rings (SSSR count). The highest BCUT2D eigenvalue weighted by Crippen LogP contribution is 2.25. The monoisotopic (exact) mass is 566 g/mol. The maximum absolute atomic E-state index is 13.1. The third-order valence-electron chi connectivity index (χ3n) is 6.21. The van der Waals surface area contributed by atoms with Crippen LogP contribution in [0.1, 0.15) is 59.0 Å². The lowest BCUT2D eigenvalue weighted by atomic mass is 10.1. The molecule has 0 radical (unpaired) electrons. The maximum Gasteiger partial charge on any atom is 0.333 e. The first kappa shape index (κ1) is 29.5. The van der Waals surface area contributed by atoms with E-state index in [1.807, 2.05) is 91.2 Å². The standard InChI is InChI=1S/C34H34N2O4S/c1-4-39-34(38)25(3)19-24(2)20-29-23-41-33(35-29)31(36-32(37)28-13-9-6-10-14-28)21-26-15-17-30(18-16-26)40-22-27-11-7-5-8-12-27/h5-20,23,31H,4,21-22H2,1-3H3,(H,36,37)/b24-20+,25-19-. The molecule has 1 unspecified atom stereocenters. The fourth-order valence-electron chi connectivity index (χ4n) is 4.18. The van der Waals surface area contributed by atoms with Crippen molar-refractivity contribution < 1.29 is 19.1 Å². The summed E-state index contributed by atoms with van der Waals surface area (Å²) in [6.07, 6.45) is 4.26. The van der Waals surface area contributed by atoms with E-state index in [1.165, 1.54) is 11.3 Å². The van der Waals surface area contributed by atoms with Gasteiger partial charge in [0.2, 0.25) is 0 Å². The van der Waals surface area contributed by atoms with Crippen LogP contribution in [0.3, 0.4) is 0 Å². The van der Waals surface area contributed by atoms with E-state index < -0.39 is 0 Å². The Morgan fingerprint density at radius 1 is 0.927 bits per heavy atom. The average Bonchev–Trinajstić information content (AvgIpc) is 3.45. The van der Waals surface area contributed by atoms with Gasteiger partial charge in [0.15, 0.2) is 0 Å². The molecule has 3 aromatic carbocycles. The van der Waals surface area contributed by atoms with Gasteiger partial charge in [-0.3, -0.25) is 4.79 Å². The second-order valence-electron chi connectivity index (χ2n) is 9.56. The zero-order valence-corrected chi connectivity index (χ0v) is 24.3. The van der Waals surface area contributed by atoms with E-state index in [0.29, 0.717) is 30.8 Å². The van der Waals surface area contributed by atoms with Crippen molar-refractivity contribution in [3.05, 3.63) is 135 Å². The highest BCUT2D eigenvalue weighted by atomic mass is 32.1. The summed E-state index contributed by atoms with van der Waals surface area (Å²) < 4.78 is 11.0. The fraction of sp³-hybridized carbons (Fsp3) is 0.206. The summed E-state index contributed by atoms with van der Waals surface area (Å²) in [7, 11) is 0. The molecule has 0 spiro atoms. The van der Waals surface area contributed by atoms with Crippen LogP contribution < -0.4 is 10.1 Å². The number of nitrogens with one attached hydrogen (secondary N) is 1. The second-order valence-corrected chi connectivity index (χ2v) is 10.5. The molecule has 7 heteroatoms. The van der Waals surface area contributed by atoms with Crippen LogP contribution in [0.5, 0.6) is 5.75 Å². The summed E-state index contributed by atoms with van der Waals surface area (Å²) in [5, 5.41) is 5.92. The third kappa shape index (κ3) is 9.01. The Kier molecular flexibility index (Phi) is 10.6. The number of esters is 1. The second kappa shape index (κ2) is 14.8. The van der Waals surface area contributed by atoms with Gasteiger partial charge in [0.1, 0.15) is 17.4 Å². The van der Waals surface area contributed by atoms with Gasteiger partial charge in [0.25, 0.3) is 5.91 Å². The van der Waals surface area contributed by atoms with Gasteiger partial charge in [-0.15, -0.1) is 11.3 Å². The van der Waals surface area contributed by atoms with Crippen molar-refractivity contribution in [3.8, 4) is 5.75 Å². The summed E-state index contributed by atoms with van der Waals surface area (Å²) in [5.74, 6) is 0.292. The zero-order chi connectivity index (χ0) is 29.0. The van der Waals surface area contributed by atoms with E-state index in [4.69, 9.17) is 14.5 Å². The molecule has 0 aliphatic rings. The zero-order valence-electron chi connectivity index (χ0n) is 23.5. The van der Waals surface area contributed by atoms with Crippen LogP contribution in [-0.4, -0.2) is 23.5 Å². The number of nitrogens with zero attached hydrogens (tertiary/aromatic N) is 1. The molecule has 4 aromatic rings. The van der Waals surface area contributed by atoms with Gasteiger partial charge in [-0.2, -0.15) is 0 Å². The quantitative estimate of drug-likeness (QED) is 0.110. The molecular formula is C34H34N2O4S. The Bertz CT molecular complexity index is 1490. The molecule has 1 N–H and O–H groups in total. The first-order valence-electron chi connectivity index (χ1n) is 13.5. The van der Waals surface area contributed by atoms with E-state index in [9.17, 15) is 9.59 Å². The summed E-state index contributed by atoms with van der Waals surface area (Å²) in [6, 6.07) is 26.8. The van der Waals surface area contributed by atoms with Crippen LogP contribution in [-0.2, 0) is 22.6 Å². The van der Waals surface area contributed by atoms with Gasteiger partial charge >= 0.3 is 5.97 Å². The Balaban J connectivity index is 1.50. The van der Waals surface area contributed by atoms with Crippen molar-refractivity contribution >= 4 is 29.3 Å². The highest BCUT2D eigenvalue weighted by molar-refractivity contribution is 7.09. The van der Waals surface area contributed by atoms with Crippen LogP contribution in [0, 0.1) is 0 Å². The van der Waals surface area contributed by atoms with Crippen LogP contribution in [0.2, 0.25) is 0 Å². The molecule has 0 aliphatic carbocycles. The Labute approximate surface area is 245 Å². The summed E-state index contributed by atoms with van der Waals surface area (Å²) in [6.45, 7) is 6.26. The number of carbonyl (C=O) groups is 2. The smallest absolute Gasteiger partial charge is 0.333 e. The minimum absolute atomic E-state index is 0.158. The predicted molar refractivity (Wildman–Crippen MR) is 164 cm³/mol. The molecule has 0 saturated heterocycles. The lowest BCUT2D eigenvalue weighted by molar-refractivity contribution is -0.138. The van der Waals surface area contributed by atoms with Crippen molar-refractivity contribution in [2.24, 2.45) is 0 Å². The van der Waals surface area contributed by atoms with Crippen LogP contribution >= 0.6 is 11.3 Å². The summed E-state index contributed by atoms with van der Waals surface area (Å²) in [4.78, 5) is 29.9. The molecule has 1 amide bonds. The van der Waals surface area contributed by atoms with Crippen molar-refractivity contribution in [2.45, 2.75) is 39.8 Å². The number of carbonyl (C=O) groups excluding carboxylic acids is 2. The number of allylic oxidation sites excluding steroid dienone is 2. The van der Waals surface area contributed by atoms with Crippen molar-refractivity contribution in [3.63, 3.8) is 0 Å². The fourth-order valence-corrected chi connectivity index (χ4v) is 5.00. The van der Waals surface area contributed by atoms with E-state index in [1.54, 1.807) is 32.1 Å². The van der Waals surface area contributed by atoms with Gasteiger partial charge < -0.3 is 14.8 Å². The number of thiazole rings is 1. The third-order valence-corrected chi connectivity index (χ3v) is 7.18. The number of aromatic nitrogens is 1. The van der Waals surface area contributed by atoms with Gasteiger partial charge in [-0.05, 0) is 80.3 Å².